The van der Waals surface area contributed by atoms with Crippen LogP contribution in [0.1, 0.15) is 19.3 Å². The van der Waals surface area contributed by atoms with Crippen molar-refractivity contribution in [1.29, 1.82) is 0 Å². The molecule has 0 aliphatic rings. The molecule has 1 aromatic carbocycles. The second-order valence-electron chi connectivity index (χ2n) is 4.51. The van der Waals surface area contributed by atoms with Crippen LogP contribution >= 0.6 is 0 Å². The molecule has 0 aliphatic heterocycles. The van der Waals surface area contributed by atoms with Crippen molar-refractivity contribution in [2.24, 2.45) is 5.92 Å². The van der Waals surface area contributed by atoms with E-state index in [1.807, 2.05) is 0 Å². The first-order valence-corrected chi connectivity index (χ1v) is 6.45. The number of Topliss-reactive ketones (excluding diaryl/α,β-unsaturated/α-hetero) is 1. The summed E-state index contributed by atoms with van der Waals surface area (Å²) in [6, 6.07) is 8.73. The average Bonchev–Trinajstić information content (AvgIpc) is 2.49. The topological polar surface area (TPSA) is 138 Å². The van der Waals surface area contributed by atoms with Crippen LogP contribution in [0, 0.1) is 5.92 Å². The third-order valence-electron chi connectivity index (χ3n) is 2.83. The van der Waals surface area contributed by atoms with Crippen LogP contribution in [0.4, 0.5) is 5.69 Å². The zero-order valence-electron chi connectivity index (χ0n) is 13.5. The standard InChI is InChI=1S/C14H16N2O6.2Li/c17-11(14(21)22)8-9(13(19)20)6-7-12(18)16-15-10-4-2-1-3-5-10;;/h1-5,9,15H,6-8H2,(H,16,18)(H,19,20)(H,21,22);;/q;2*+1/p-2. The molecule has 0 saturated heterocycles. The van der Waals surface area contributed by atoms with Gasteiger partial charge in [-0.15, -0.1) is 0 Å². The van der Waals surface area contributed by atoms with E-state index in [0.29, 0.717) is 5.69 Å². The number of rotatable bonds is 9. The van der Waals surface area contributed by atoms with E-state index in [2.05, 4.69) is 10.9 Å². The van der Waals surface area contributed by atoms with Gasteiger partial charge in [-0.05, 0) is 18.6 Å². The SMILES string of the molecule is O=C(CCC(CC(=O)C(=O)[O-])C(=O)[O-])NNc1ccccc1.[Li+].[Li+]. The van der Waals surface area contributed by atoms with Crippen LogP contribution in [0.3, 0.4) is 0 Å². The second kappa shape index (κ2) is 12.7. The number of carboxylic acid groups (broad SMARTS) is 2. The van der Waals surface area contributed by atoms with Crippen molar-refractivity contribution >= 4 is 29.3 Å². The van der Waals surface area contributed by atoms with Crippen molar-refractivity contribution < 1.29 is 67.1 Å². The van der Waals surface area contributed by atoms with Gasteiger partial charge in [0.2, 0.25) is 5.91 Å². The second-order valence-corrected chi connectivity index (χ2v) is 4.51. The number of hydrogen-bond donors (Lipinski definition) is 2. The molecule has 0 bridgehead atoms. The fraction of sp³-hybridized carbons (Fsp3) is 0.286. The first-order valence-electron chi connectivity index (χ1n) is 6.45. The minimum atomic E-state index is -1.96. The van der Waals surface area contributed by atoms with Gasteiger partial charge < -0.3 is 19.8 Å². The summed E-state index contributed by atoms with van der Waals surface area (Å²) in [6.07, 6.45) is -1.19. The molecule has 1 amide bonds. The number of aliphatic carboxylic acids is 2. The number of ketones is 1. The van der Waals surface area contributed by atoms with Crippen LogP contribution in [0.5, 0.6) is 0 Å². The van der Waals surface area contributed by atoms with E-state index < -0.39 is 36.0 Å². The Morgan fingerprint density at radius 1 is 1.00 bits per heavy atom. The van der Waals surface area contributed by atoms with Crippen molar-refractivity contribution in [2.75, 3.05) is 5.43 Å². The number of hydrazine groups is 1. The minimum Gasteiger partial charge on any atom is -0.550 e. The maximum absolute atomic E-state index is 11.6. The molecule has 24 heavy (non-hydrogen) atoms. The number of hydrogen-bond acceptors (Lipinski definition) is 7. The number of anilines is 1. The number of benzene rings is 1. The van der Waals surface area contributed by atoms with Gasteiger partial charge >= 0.3 is 37.7 Å². The third-order valence-corrected chi connectivity index (χ3v) is 2.83. The van der Waals surface area contributed by atoms with Gasteiger partial charge in [-0.2, -0.15) is 0 Å². The average molecular weight is 320 g/mol. The van der Waals surface area contributed by atoms with E-state index in [1.165, 1.54) is 0 Å². The molecule has 1 atom stereocenters. The Labute approximate surface area is 162 Å². The smallest absolute Gasteiger partial charge is 0.550 e. The third kappa shape index (κ3) is 9.44. The molecule has 0 saturated carbocycles. The molecule has 1 unspecified atom stereocenters. The Bertz CT molecular complexity index is 568. The zero-order valence-corrected chi connectivity index (χ0v) is 13.5. The van der Waals surface area contributed by atoms with E-state index in [4.69, 9.17) is 0 Å². The van der Waals surface area contributed by atoms with Gasteiger partial charge in [-0.1, -0.05) is 18.2 Å². The van der Waals surface area contributed by atoms with E-state index in [-0.39, 0.29) is 50.6 Å². The molecule has 10 heteroatoms. The fourth-order valence-corrected chi connectivity index (χ4v) is 1.64. The van der Waals surface area contributed by atoms with Gasteiger partial charge in [-0.25, -0.2) is 0 Å². The normalized spacial score (nSPS) is 10.3. The van der Waals surface area contributed by atoms with Gasteiger partial charge in [0.1, 0.15) is 5.97 Å². The molecular weight excluding hydrogens is 306 g/mol. The van der Waals surface area contributed by atoms with Gasteiger partial charge in [0.15, 0.2) is 5.78 Å². The number of carbonyl (C=O) groups excluding carboxylic acids is 4. The molecule has 1 aromatic rings. The van der Waals surface area contributed by atoms with Crippen LogP contribution in [-0.2, 0) is 19.2 Å². The minimum absolute atomic E-state index is 0. The van der Waals surface area contributed by atoms with E-state index in [1.54, 1.807) is 30.3 Å². The molecule has 2 N–H and O–H groups in total. The molecule has 0 fully saturated rings. The number of nitrogens with one attached hydrogen (secondary N) is 2. The molecule has 8 nitrogen and oxygen atoms in total. The van der Waals surface area contributed by atoms with Crippen molar-refractivity contribution in [3.63, 3.8) is 0 Å². The van der Waals surface area contributed by atoms with E-state index >= 15 is 0 Å². The van der Waals surface area contributed by atoms with E-state index in [0.717, 1.165) is 0 Å². The van der Waals surface area contributed by atoms with Gasteiger partial charge in [0.25, 0.3) is 0 Å². The Kier molecular flexibility index (Phi) is 13.0. The summed E-state index contributed by atoms with van der Waals surface area (Å²) in [5, 5.41) is 21.1. The van der Waals surface area contributed by atoms with Gasteiger partial charge in [0, 0.05) is 24.7 Å². The number of amides is 1. The molecule has 118 valence electrons. The van der Waals surface area contributed by atoms with Crippen LogP contribution < -0.4 is 58.8 Å². The molecule has 0 spiro atoms. The van der Waals surface area contributed by atoms with E-state index in [9.17, 15) is 29.4 Å². The monoisotopic (exact) mass is 320 g/mol. The van der Waals surface area contributed by atoms with Crippen LogP contribution in [-0.4, -0.2) is 23.6 Å². The van der Waals surface area contributed by atoms with Crippen molar-refractivity contribution in [3.05, 3.63) is 30.3 Å². The largest absolute Gasteiger partial charge is 1.00 e. The Hall–Kier alpha value is -1.71. The van der Waals surface area contributed by atoms with Crippen molar-refractivity contribution in [3.8, 4) is 0 Å². The summed E-state index contributed by atoms with van der Waals surface area (Å²) in [5.41, 5.74) is 5.61. The summed E-state index contributed by atoms with van der Waals surface area (Å²) < 4.78 is 0. The first-order chi connectivity index (χ1) is 10.4. The molecule has 1 rings (SSSR count). The summed E-state index contributed by atoms with van der Waals surface area (Å²) in [7, 11) is 0. The molecule has 0 aliphatic carbocycles. The Morgan fingerprint density at radius 3 is 2.08 bits per heavy atom. The molecular formula is C14H14Li2N2O6. The first kappa shape index (κ1) is 24.5. The molecule has 0 heterocycles. The predicted molar refractivity (Wildman–Crippen MR) is 70.6 cm³/mol. The van der Waals surface area contributed by atoms with Crippen molar-refractivity contribution in [1.82, 2.24) is 5.43 Å². The maximum Gasteiger partial charge on any atom is 1.00 e. The Balaban J connectivity index is 0. The van der Waals surface area contributed by atoms with Crippen LogP contribution in [0.2, 0.25) is 0 Å². The van der Waals surface area contributed by atoms with Gasteiger partial charge in [-0.3, -0.25) is 20.4 Å². The van der Waals surface area contributed by atoms with Gasteiger partial charge in [0.05, 0.1) is 5.69 Å². The molecule has 0 radical (unpaired) electrons. The fourth-order valence-electron chi connectivity index (χ4n) is 1.64. The number of carboxylic acids is 2. The predicted octanol–water partition coefficient (Wildman–Crippen LogP) is -8.01. The quantitative estimate of drug-likeness (QED) is 0.262. The number of para-hydroxylation sites is 1. The van der Waals surface area contributed by atoms with Crippen molar-refractivity contribution in [2.45, 2.75) is 19.3 Å². The molecule has 0 aromatic heterocycles. The van der Waals surface area contributed by atoms with Crippen LogP contribution in [0.25, 0.3) is 0 Å². The summed E-state index contributed by atoms with van der Waals surface area (Å²) in [4.78, 5) is 43.6. The summed E-state index contributed by atoms with van der Waals surface area (Å²) in [5.74, 6) is -6.74. The maximum atomic E-state index is 11.6. The van der Waals surface area contributed by atoms with Crippen LogP contribution in [0.15, 0.2) is 30.3 Å². The Morgan fingerprint density at radius 2 is 1.58 bits per heavy atom. The zero-order chi connectivity index (χ0) is 16.5. The summed E-state index contributed by atoms with van der Waals surface area (Å²) >= 11 is 0. The number of carbonyl (C=O) groups is 4. The summed E-state index contributed by atoms with van der Waals surface area (Å²) in [6.45, 7) is 0.